The molecule has 0 bridgehead atoms. The Hall–Kier alpha value is -0.450. The Morgan fingerprint density at radius 1 is 1.35 bits per heavy atom. The van der Waals surface area contributed by atoms with E-state index in [1.807, 2.05) is 30.0 Å². The normalized spacial score (nSPS) is 18.5. The molecule has 1 aliphatic carbocycles. The number of hydrogen-bond acceptors (Lipinski definition) is 2. The van der Waals surface area contributed by atoms with Gasteiger partial charge in [0, 0.05) is 11.3 Å². The summed E-state index contributed by atoms with van der Waals surface area (Å²) < 4.78 is 3.30. The first-order chi connectivity index (χ1) is 9.65. The summed E-state index contributed by atoms with van der Waals surface area (Å²) in [5, 5.41) is 0.780. The number of rotatable bonds is 3. The van der Waals surface area contributed by atoms with E-state index in [1.165, 1.54) is 32.1 Å². The van der Waals surface area contributed by atoms with Gasteiger partial charge in [0.05, 0.1) is 16.1 Å². The maximum Gasteiger partial charge on any atom is 0.178 e. The predicted octanol–water partition coefficient (Wildman–Crippen LogP) is 5.42. The molecule has 1 aliphatic rings. The van der Waals surface area contributed by atoms with Crippen molar-refractivity contribution in [2.24, 2.45) is 0 Å². The van der Waals surface area contributed by atoms with E-state index in [9.17, 15) is 0 Å². The number of nitrogens with one attached hydrogen (secondary N) is 1. The third-order valence-electron chi connectivity index (χ3n) is 4.39. The van der Waals surface area contributed by atoms with Crippen molar-refractivity contribution in [2.75, 3.05) is 6.26 Å². The fourth-order valence-corrected chi connectivity index (χ4v) is 4.73. The molecule has 1 aromatic heterocycles. The van der Waals surface area contributed by atoms with Crippen LogP contribution in [0.25, 0.3) is 11.0 Å². The van der Waals surface area contributed by atoms with E-state index in [0.29, 0.717) is 4.75 Å². The third kappa shape index (κ3) is 2.53. The molecule has 3 rings (SSSR count). The van der Waals surface area contributed by atoms with Crippen molar-refractivity contribution in [3.05, 3.63) is 28.0 Å². The summed E-state index contributed by atoms with van der Waals surface area (Å²) >= 11 is 13.9. The Morgan fingerprint density at radius 3 is 2.80 bits per heavy atom. The largest absolute Gasteiger partial charge is 0.331 e. The molecule has 2 aromatic rings. The first-order valence-corrected chi connectivity index (χ1v) is 9.08. The zero-order chi connectivity index (χ0) is 14.2. The minimum absolute atomic E-state index is 0.310. The quantitative estimate of drug-likeness (QED) is 0.760. The predicted molar refractivity (Wildman–Crippen MR) is 91.5 cm³/mol. The molecule has 0 amide bonds. The van der Waals surface area contributed by atoms with Gasteiger partial charge in [-0.3, -0.25) is 0 Å². The molecule has 20 heavy (non-hydrogen) atoms. The highest BCUT2D eigenvalue weighted by atomic mass is 35.5. The number of imidazole rings is 1. The van der Waals surface area contributed by atoms with Crippen LogP contribution in [0, 0.1) is 4.77 Å². The van der Waals surface area contributed by atoms with Gasteiger partial charge in [0.2, 0.25) is 0 Å². The molecule has 0 spiro atoms. The molecule has 1 heterocycles. The SMILES string of the molecule is CSC1(Cn2c(=S)[nH]c3cccc(Cl)c32)CCCCC1. The summed E-state index contributed by atoms with van der Waals surface area (Å²) in [5.74, 6) is 0. The Morgan fingerprint density at radius 2 is 2.10 bits per heavy atom. The second-order valence-electron chi connectivity index (χ2n) is 5.60. The number of para-hydroxylation sites is 1. The van der Waals surface area contributed by atoms with Gasteiger partial charge in [0.25, 0.3) is 0 Å². The maximum absolute atomic E-state index is 6.39. The zero-order valence-corrected chi connectivity index (χ0v) is 14.0. The van der Waals surface area contributed by atoms with Crippen LogP contribution < -0.4 is 0 Å². The third-order valence-corrected chi connectivity index (χ3v) is 6.42. The van der Waals surface area contributed by atoms with Crippen LogP contribution >= 0.6 is 35.6 Å². The molecule has 0 saturated heterocycles. The molecule has 0 aliphatic heterocycles. The van der Waals surface area contributed by atoms with Crippen molar-refractivity contribution in [1.82, 2.24) is 9.55 Å². The van der Waals surface area contributed by atoms with Crippen molar-refractivity contribution in [2.45, 2.75) is 43.4 Å². The van der Waals surface area contributed by atoms with E-state index < -0.39 is 0 Å². The summed E-state index contributed by atoms with van der Waals surface area (Å²) in [6.07, 6.45) is 8.78. The van der Waals surface area contributed by atoms with Crippen LogP contribution in [0.5, 0.6) is 0 Å². The molecule has 1 saturated carbocycles. The van der Waals surface area contributed by atoms with Crippen LogP contribution in [-0.4, -0.2) is 20.6 Å². The lowest BCUT2D eigenvalue weighted by Crippen LogP contribution is -2.33. The van der Waals surface area contributed by atoms with E-state index in [0.717, 1.165) is 27.4 Å². The van der Waals surface area contributed by atoms with Gasteiger partial charge < -0.3 is 9.55 Å². The Labute approximate surface area is 133 Å². The van der Waals surface area contributed by atoms with Crippen LogP contribution in [0.1, 0.15) is 32.1 Å². The van der Waals surface area contributed by atoms with Crippen molar-refractivity contribution < 1.29 is 0 Å². The van der Waals surface area contributed by atoms with Gasteiger partial charge in [-0.25, -0.2) is 0 Å². The van der Waals surface area contributed by atoms with Crippen molar-refractivity contribution in [3.63, 3.8) is 0 Å². The van der Waals surface area contributed by atoms with E-state index in [-0.39, 0.29) is 0 Å². The number of thioether (sulfide) groups is 1. The molecule has 0 unspecified atom stereocenters. The molecule has 0 radical (unpaired) electrons. The van der Waals surface area contributed by atoms with E-state index in [1.54, 1.807) is 0 Å². The smallest absolute Gasteiger partial charge is 0.178 e. The molecule has 2 nitrogen and oxygen atoms in total. The van der Waals surface area contributed by atoms with Gasteiger partial charge in [-0.15, -0.1) is 0 Å². The van der Waals surface area contributed by atoms with Gasteiger partial charge in [-0.1, -0.05) is 36.9 Å². The molecule has 108 valence electrons. The lowest BCUT2D eigenvalue weighted by molar-refractivity contribution is 0.360. The maximum atomic E-state index is 6.39. The van der Waals surface area contributed by atoms with Crippen molar-refractivity contribution >= 4 is 46.6 Å². The Balaban J connectivity index is 2.06. The fraction of sp³-hybridized carbons (Fsp3) is 0.533. The van der Waals surface area contributed by atoms with Crippen LogP contribution in [0.15, 0.2) is 18.2 Å². The first kappa shape index (κ1) is 14.5. The zero-order valence-electron chi connectivity index (χ0n) is 11.6. The molecular weight excluding hydrogens is 308 g/mol. The topological polar surface area (TPSA) is 20.7 Å². The van der Waals surface area contributed by atoms with Gasteiger partial charge in [-0.05, 0) is 43.4 Å². The van der Waals surface area contributed by atoms with E-state index >= 15 is 0 Å². The minimum atomic E-state index is 0.310. The fourth-order valence-electron chi connectivity index (χ4n) is 3.24. The first-order valence-electron chi connectivity index (χ1n) is 7.07. The molecule has 5 heteroatoms. The number of aromatic nitrogens is 2. The second kappa shape index (κ2) is 5.74. The van der Waals surface area contributed by atoms with Crippen molar-refractivity contribution in [3.8, 4) is 0 Å². The van der Waals surface area contributed by atoms with Crippen molar-refractivity contribution in [1.29, 1.82) is 0 Å². The summed E-state index contributed by atoms with van der Waals surface area (Å²) in [6.45, 7) is 0.955. The van der Waals surface area contributed by atoms with Gasteiger partial charge in [-0.2, -0.15) is 11.8 Å². The van der Waals surface area contributed by atoms with Gasteiger partial charge >= 0.3 is 0 Å². The van der Waals surface area contributed by atoms with Crippen LogP contribution in [0.3, 0.4) is 0 Å². The average Bonchev–Trinajstić information content (AvgIpc) is 2.77. The summed E-state index contributed by atoms with van der Waals surface area (Å²) in [4.78, 5) is 3.28. The van der Waals surface area contributed by atoms with Gasteiger partial charge in [0.15, 0.2) is 4.77 Å². The standard InChI is InChI=1S/C15H19ClN2S2/c1-20-15(8-3-2-4-9-15)10-18-13-11(16)6-5-7-12(13)17-14(18)19/h5-7H,2-4,8-10H2,1H3,(H,17,19). The van der Waals surface area contributed by atoms with Crippen LogP contribution in [0.2, 0.25) is 5.02 Å². The molecular formula is C15H19ClN2S2. The summed E-state index contributed by atoms with van der Waals surface area (Å²) in [7, 11) is 0. The Bertz CT molecular complexity index is 668. The highest BCUT2D eigenvalue weighted by Crippen LogP contribution is 2.41. The number of H-pyrrole nitrogens is 1. The second-order valence-corrected chi connectivity index (χ2v) is 7.67. The minimum Gasteiger partial charge on any atom is -0.331 e. The number of aromatic amines is 1. The highest BCUT2D eigenvalue weighted by molar-refractivity contribution is 8.00. The highest BCUT2D eigenvalue weighted by Gasteiger charge is 2.32. The molecule has 0 atom stereocenters. The molecule has 1 aromatic carbocycles. The average molecular weight is 327 g/mol. The summed E-state index contributed by atoms with van der Waals surface area (Å²) in [6, 6.07) is 5.95. The summed E-state index contributed by atoms with van der Waals surface area (Å²) in [5.41, 5.74) is 2.09. The number of nitrogens with zero attached hydrogens (tertiary/aromatic N) is 1. The number of hydrogen-bond donors (Lipinski definition) is 1. The van der Waals surface area contributed by atoms with E-state index in [2.05, 4.69) is 15.8 Å². The number of benzene rings is 1. The molecule has 1 N–H and O–H groups in total. The van der Waals surface area contributed by atoms with Crippen LogP contribution in [0.4, 0.5) is 0 Å². The molecule has 1 fully saturated rings. The monoisotopic (exact) mass is 326 g/mol. The Kier molecular flexibility index (Phi) is 4.16. The number of halogens is 1. The number of fused-ring (bicyclic) bond motifs is 1. The lowest BCUT2D eigenvalue weighted by atomic mass is 9.88. The van der Waals surface area contributed by atoms with Crippen LogP contribution in [-0.2, 0) is 6.54 Å². The van der Waals surface area contributed by atoms with E-state index in [4.69, 9.17) is 23.8 Å². The lowest BCUT2D eigenvalue weighted by Gasteiger charge is -2.36. The van der Waals surface area contributed by atoms with Gasteiger partial charge in [0.1, 0.15) is 0 Å².